The summed E-state index contributed by atoms with van der Waals surface area (Å²) in [4.78, 5) is 48.4. The second kappa shape index (κ2) is 8.14. The lowest BCUT2D eigenvalue weighted by molar-refractivity contribution is -0.148. The minimum atomic E-state index is -1.11. The van der Waals surface area contributed by atoms with E-state index in [4.69, 9.17) is 21.1 Å². The number of esters is 1. The van der Waals surface area contributed by atoms with E-state index in [0.717, 1.165) is 4.90 Å². The summed E-state index contributed by atoms with van der Waals surface area (Å²) in [6.45, 7) is 1.40. The van der Waals surface area contributed by atoms with Crippen LogP contribution in [0.5, 0.6) is 0 Å². The molecule has 150 valence electrons. The maximum Gasteiger partial charge on any atom is 0.335 e. The van der Waals surface area contributed by atoms with Gasteiger partial charge in [-0.05, 0) is 49.0 Å². The van der Waals surface area contributed by atoms with Gasteiger partial charge >= 0.3 is 11.9 Å². The smallest absolute Gasteiger partial charge is 0.335 e. The zero-order valence-corrected chi connectivity index (χ0v) is 16.7. The van der Waals surface area contributed by atoms with Crippen molar-refractivity contribution in [2.75, 3.05) is 7.11 Å². The van der Waals surface area contributed by atoms with E-state index in [9.17, 15) is 19.2 Å². The summed E-state index contributed by atoms with van der Waals surface area (Å²) in [5.74, 6) is -1.90. The number of aromatic carboxylic acids is 1. The molecule has 3 rings (SSSR count). The Balaban J connectivity index is 1.89. The molecule has 8 nitrogen and oxygen atoms in total. The van der Waals surface area contributed by atoms with Crippen molar-refractivity contribution >= 4 is 52.5 Å². The molecule has 0 bridgehead atoms. The molecule has 10 heteroatoms. The van der Waals surface area contributed by atoms with Gasteiger partial charge in [0, 0.05) is 11.6 Å². The third kappa shape index (κ3) is 4.06. The first-order valence-electron chi connectivity index (χ1n) is 8.21. The van der Waals surface area contributed by atoms with Crippen molar-refractivity contribution < 1.29 is 33.4 Å². The standard InChI is InChI=1S/C19H14ClNO7S/c1-9(18(25)27-2)21-16(22)15(29-19(21)26)8-11-4-6-14(28-11)12-7-10(17(23)24)3-5-13(12)20/h3-9H,1-2H3,(H,23,24)/b15-8+/t9-/m1/s1. The Morgan fingerprint density at radius 1 is 1.28 bits per heavy atom. The highest BCUT2D eigenvalue weighted by atomic mass is 35.5. The number of thioether (sulfide) groups is 1. The van der Waals surface area contributed by atoms with Crippen molar-refractivity contribution in [3.8, 4) is 11.3 Å². The fraction of sp³-hybridized carbons (Fsp3) is 0.158. The van der Waals surface area contributed by atoms with E-state index in [1.165, 1.54) is 38.3 Å². The van der Waals surface area contributed by atoms with Gasteiger partial charge in [-0.15, -0.1) is 0 Å². The Morgan fingerprint density at radius 2 is 2.00 bits per heavy atom. The van der Waals surface area contributed by atoms with Gasteiger partial charge < -0.3 is 14.3 Å². The van der Waals surface area contributed by atoms with Crippen molar-refractivity contribution in [2.45, 2.75) is 13.0 Å². The summed E-state index contributed by atoms with van der Waals surface area (Å²) < 4.78 is 10.2. The molecule has 0 radical (unpaired) electrons. The van der Waals surface area contributed by atoms with Gasteiger partial charge in [-0.1, -0.05) is 11.6 Å². The summed E-state index contributed by atoms with van der Waals surface area (Å²) in [5, 5.41) is 8.83. The van der Waals surface area contributed by atoms with E-state index in [1.807, 2.05) is 0 Å². The summed E-state index contributed by atoms with van der Waals surface area (Å²) in [5.41, 5.74) is 0.416. The van der Waals surface area contributed by atoms with Crippen LogP contribution in [0.15, 0.2) is 39.7 Å². The topological polar surface area (TPSA) is 114 Å². The van der Waals surface area contributed by atoms with Crippen molar-refractivity contribution in [1.29, 1.82) is 0 Å². The zero-order chi connectivity index (χ0) is 21.3. The highest BCUT2D eigenvalue weighted by molar-refractivity contribution is 8.18. The molecule has 0 unspecified atom stereocenters. The minimum absolute atomic E-state index is 0.0419. The molecule has 2 amide bonds. The number of carboxylic acid groups (broad SMARTS) is 1. The predicted molar refractivity (Wildman–Crippen MR) is 105 cm³/mol. The number of carbonyl (C=O) groups is 4. The Labute approximate surface area is 174 Å². The van der Waals surface area contributed by atoms with Gasteiger partial charge in [0.1, 0.15) is 17.6 Å². The minimum Gasteiger partial charge on any atom is -0.478 e. The molecule has 1 aliphatic heterocycles. The number of benzene rings is 1. The number of rotatable bonds is 5. The largest absolute Gasteiger partial charge is 0.478 e. The molecule has 1 atom stereocenters. The number of carboxylic acids is 1. The van der Waals surface area contributed by atoms with Crippen LogP contribution in [-0.2, 0) is 14.3 Å². The average Bonchev–Trinajstić information content (AvgIpc) is 3.25. The monoisotopic (exact) mass is 435 g/mol. The lowest BCUT2D eigenvalue weighted by atomic mass is 10.1. The van der Waals surface area contributed by atoms with Gasteiger partial charge in [0.15, 0.2) is 0 Å². The van der Waals surface area contributed by atoms with Gasteiger partial charge in [-0.2, -0.15) is 0 Å². The summed E-state index contributed by atoms with van der Waals surface area (Å²) in [6.07, 6.45) is 1.37. The second-order valence-electron chi connectivity index (χ2n) is 5.95. The van der Waals surface area contributed by atoms with E-state index < -0.39 is 29.1 Å². The summed E-state index contributed by atoms with van der Waals surface area (Å²) >= 11 is 6.81. The van der Waals surface area contributed by atoms with Crippen LogP contribution in [0.25, 0.3) is 17.4 Å². The number of ether oxygens (including phenoxy) is 1. The molecular weight excluding hydrogens is 422 g/mol. The Bertz CT molecular complexity index is 1060. The molecule has 1 saturated heterocycles. The lowest BCUT2D eigenvalue weighted by Crippen LogP contribution is -2.42. The molecule has 1 aromatic heterocycles. The zero-order valence-electron chi connectivity index (χ0n) is 15.2. The van der Waals surface area contributed by atoms with E-state index in [0.29, 0.717) is 28.1 Å². The molecule has 1 N–H and O–H groups in total. The summed E-state index contributed by atoms with van der Waals surface area (Å²) in [7, 11) is 1.17. The molecule has 1 aliphatic rings. The van der Waals surface area contributed by atoms with Crippen LogP contribution in [0.2, 0.25) is 5.02 Å². The predicted octanol–water partition coefficient (Wildman–Crippen LogP) is 3.90. The molecule has 1 aromatic carbocycles. The van der Waals surface area contributed by atoms with Crippen LogP contribution in [0.4, 0.5) is 4.79 Å². The highest BCUT2D eigenvalue weighted by Gasteiger charge is 2.41. The van der Waals surface area contributed by atoms with Gasteiger partial charge in [0.25, 0.3) is 11.1 Å². The van der Waals surface area contributed by atoms with Crippen molar-refractivity contribution in [1.82, 2.24) is 4.90 Å². The van der Waals surface area contributed by atoms with E-state index in [2.05, 4.69) is 4.74 Å². The molecule has 0 aliphatic carbocycles. The summed E-state index contributed by atoms with van der Waals surface area (Å²) in [6, 6.07) is 6.26. The van der Waals surface area contributed by atoms with Crippen molar-refractivity contribution in [3.05, 3.63) is 51.6 Å². The molecule has 0 saturated carbocycles. The molecule has 2 heterocycles. The molecule has 2 aromatic rings. The van der Waals surface area contributed by atoms with Crippen LogP contribution < -0.4 is 0 Å². The number of amides is 2. The van der Waals surface area contributed by atoms with Crippen LogP contribution in [0, 0.1) is 0 Å². The third-order valence-corrected chi connectivity index (χ3v) is 5.35. The first-order chi connectivity index (χ1) is 13.7. The maximum absolute atomic E-state index is 12.5. The first-order valence-corrected chi connectivity index (χ1v) is 9.40. The van der Waals surface area contributed by atoms with Crippen LogP contribution >= 0.6 is 23.4 Å². The Kier molecular flexibility index (Phi) is 5.81. The van der Waals surface area contributed by atoms with Crippen LogP contribution in [0.1, 0.15) is 23.0 Å². The normalized spacial score (nSPS) is 16.4. The molecule has 29 heavy (non-hydrogen) atoms. The van der Waals surface area contributed by atoms with Crippen molar-refractivity contribution in [2.24, 2.45) is 0 Å². The van der Waals surface area contributed by atoms with Crippen molar-refractivity contribution in [3.63, 3.8) is 0 Å². The quantitative estimate of drug-likeness (QED) is 0.555. The SMILES string of the molecule is COC(=O)[C@@H](C)N1C(=O)S/C(=C/c2ccc(-c3cc(C(=O)O)ccc3Cl)o2)C1=O. The number of hydrogen-bond acceptors (Lipinski definition) is 7. The average molecular weight is 436 g/mol. The fourth-order valence-corrected chi connectivity index (χ4v) is 3.74. The first kappa shape index (κ1) is 20.7. The number of furan rings is 1. The second-order valence-corrected chi connectivity index (χ2v) is 7.35. The highest BCUT2D eigenvalue weighted by Crippen LogP contribution is 2.35. The number of imide groups is 1. The molecule has 1 fully saturated rings. The van der Waals surface area contributed by atoms with Gasteiger partial charge in [-0.25, -0.2) is 9.59 Å². The fourth-order valence-electron chi connectivity index (χ4n) is 2.64. The molecular formula is C19H14ClNO7S. The van der Waals surface area contributed by atoms with Crippen LogP contribution in [0.3, 0.4) is 0 Å². The molecule has 0 spiro atoms. The van der Waals surface area contributed by atoms with Gasteiger partial charge in [-0.3, -0.25) is 14.5 Å². The van der Waals surface area contributed by atoms with Crippen LogP contribution in [-0.4, -0.2) is 46.2 Å². The number of methoxy groups -OCH3 is 1. The van der Waals surface area contributed by atoms with Gasteiger partial charge in [0.2, 0.25) is 0 Å². The number of nitrogens with zero attached hydrogens (tertiary/aromatic N) is 1. The number of halogens is 1. The Hall–Kier alpha value is -3.04. The van der Waals surface area contributed by atoms with E-state index in [1.54, 1.807) is 12.1 Å². The van der Waals surface area contributed by atoms with Gasteiger partial charge in [0.05, 0.1) is 22.6 Å². The Morgan fingerprint density at radius 3 is 2.66 bits per heavy atom. The number of hydrogen-bond donors (Lipinski definition) is 1. The van der Waals surface area contributed by atoms with E-state index in [-0.39, 0.29) is 16.2 Å². The third-order valence-electron chi connectivity index (χ3n) is 4.13. The lowest BCUT2D eigenvalue weighted by Gasteiger charge is -2.18. The number of carbonyl (C=O) groups excluding carboxylic acids is 3. The van der Waals surface area contributed by atoms with E-state index >= 15 is 0 Å². The maximum atomic E-state index is 12.5.